The first-order valence-corrected chi connectivity index (χ1v) is 7.47. The summed E-state index contributed by atoms with van der Waals surface area (Å²) in [4.78, 5) is 27.8. The summed E-state index contributed by atoms with van der Waals surface area (Å²) < 4.78 is 10.5. The highest BCUT2D eigenvalue weighted by Crippen LogP contribution is 2.23. The molecule has 8 nitrogen and oxygen atoms in total. The molecule has 8 heteroatoms. The van der Waals surface area contributed by atoms with Gasteiger partial charge in [-0.25, -0.2) is 0 Å². The van der Waals surface area contributed by atoms with Crippen LogP contribution < -0.4 is 10.6 Å². The number of amides is 2. The van der Waals surface area contributed by atoms with Gasteiger partial charge in [0.15, 0.2) is 5.82 Å². The molecule has 1 saturated heterocycles. The number of furan rings is 1. The van der Waals surface area contributed by atoms with E-state index in [9.17, 15) is 9.59 Å². The molecule has 0 radical (unpaired) electrons. The van der Waals surface area contributed by atoms with Crippen LogP contribution >= 0.6 is 0 Å². The molecule has 0 bridgehead atoms. The van der Waals surface area contributed by atoms with E-state index < -0.39 is 0 Å². The fourth-order valence-corrected chi connectivity index (χ4v) is 2.62. The minimum absolute atomic E-state index is 0.00768. The van der Waals surface area contributed by atoms with Gasteiger partial charge in [-0.2, -0.15) is 4.98 Å². The van der Waals surface area contributed by atoms with Crippen LogP contribution in [-0.2, 0) is 11.3 Å². The van der Waals surface area contributed by atoms with Crippen LogP contribution in [0.15, 0.2) is 15.0 Å². The minimum atomic E-state index is -0.254. The Hall–Kier alpha value is -2.64. The van der Waals surface area contributed by atoms with Crippen LogP contribution in [0.5, 0.6) is 0 Å². The number of aryl methyl sites for hydroxylation is 2. The van der Waals surface area contributed by atoms with Gasteiger partial charge in [0.25, 0.3) is 5.91 Å². The lowest BCUT2D eigenvalue weighted by Crippen LogP contribution is -2.32. The van der Waals surface area contributed by atoms with Crippen molar-refractivity contribution in [1.82, 2.24) is 20.8 Å². The lowest BCUT2D eigenvalue weighted by molar-refractivity contribution is -0.122. The van der Waals surface area contributed by atoms with Gasteiger partial charge in [0.1, 0.15) is 11.5 Å². The van der Waals surface area contributed by atoms with Gasteiger partial charge >= 0.3 is 0 Å². The Labute approximate surface area is 132 Å². The maximum atomic E-state index is 12.1. The van der Waals surface area contributed by atoms with Crippen molar-refractivity contribution in [2.45, 2.75) is 39.2 Å². The van der Waals surface area contributed by atoms with Crippen molar-refractivity contribution < 1.29 is 18.5 Å². The average molecular weight is 318 g/mol. The van der Waals surface area contributed by atoms with Crippen LogP contribution in [0.25, 0.3) is 0 Å². The molecule has 2 amide bonds. The van der Waals surface area contributed by atoms with Crippen molar-refractivity contribution >= 4 is 11.8 Å². The van der Waals surface area contributed by atoms with Crippen molar-refractivity contribution in [3.8, 4) is 0 Å². The van der Waals surface area contributed by atoms with E-state index >= 15 is 0 Å². The fraction of sp³-hybridized carbons (Fsp3) is 0.467. The number of rotatable bonds is 4. The predicted molar refractivity (Wildman–Crippen MR) is 78.6 cm³/mol. The summed E-state index contributed by atoms with van der Waals surface area (Å²) in [6.07, 6.45) is 1.14. The summed E-state index contributed by atoms with van der Waals surface area (Å²) in [5, 5.41) is 9.39. The number of piperidine rings is 1. The zero-order chi connectivity index (χ0) is 16.4. The number of nitrogens with zero attached hydrogens (tertiary/aromatic N) is 2. The van der Waals surface area contributed by atoms with Crippen molar-refractivity contribution in [2.24, 2.45) is 0 Å². The summed E-state index contributed by atoms with van der Waals surface area (Å²) in [6, 6.07) is 1.69. The van der Waals surface area contributed by atoms with Crippen LogP contribution in [0.2, 0.25) is 0 Å². The third-order valence-corrected chi connectivity index (χ3v) is 3.78. The van der Waals surface area contributed by atoms with E-state index in [0.29, 0.717) is 41.8 Å². The molecule has 0 spiro atoms. The van der Waals surface area contributed by atoms with Crippen molar-refractivity contribution in [3.63, 3.8) is 0 Å². The molecule has 122 valence electrons. The Morgan fingerprint density at radius 2 is 2.30 bits per heavy atom. The molecule has 1 unspecified atom stereocenters. The van der Waals surface area contributed by atoms with E-state index in [1.807, 2.05) is 0 Å². The lowest BCUT2D eigenvalue weighted by Gasteiger charge is -2.18. The number of carbonyl (C=O) groups excluding carboxylic acids is 2. The van der Waals surface area contributed by atoms with E-state index in [1.165, 1.54) is 0 Å². The molecular formula is C15H18N4O4. The number of nitrogens with one attached hydrogen (secondary N) is 2. The molecule has 23 heavy (non-hydrogen) atoms. The molecule has 2 N–H and O–H groups in total. The summed E-state index contributed by atoms with van der Waals surface area (Å²) >= 11 is 0. The first kappa shape index (κ1) is 15.3. The largest absolute Gasteiger partial charge is 0.466 e. The quantitative estimate of drug-likeness (QED) is 0.876. The minimum Gasteiger partial charge on any atom is -0.466 e. The first-order valence-electron chi connectivity index (χ1n) is 7.47. The van der Waals surface area contributed by atoms with Crippen molar-refractivity contribution in [2.75, 3.05) is 6.54 Å². The van der Waals surface area contributed by atoms with E-state index in [-0.39, 0.29) is 24.3 Å². The van der Waals surface area contributed by atoms with Gasteiger partial charge in [-0.15, -0.1) is 0 Å². The SMILES string of the molecule is Cc1cc(C(=O)NCc2nc(C3CCNC(=O)C3)no2)c(C)o1. The third kappa shape index (κ3) is 3.41. The molecular weight excluding hydrogens is 300 g/mol. The summed E-state index contributed by atoms with van der Waals surface area (Å²) in [5.74, 6) is 1.79. The van der Waals surface area contributed by atoms with Gasteiger partial charge in [0.05, 0.1) is 12.1 Å². The van der Waals surface area contributed by atoms with Gasteiger partial charge in [-0.3, -0.25) is 9.59 Å². The second-order valence-electron chi connectivity index (χ2n) is 5.60. The molecule has 0 aromatic carbocycles. The van der Waals surface area contributed by atoms with Crippen molar-refractivity contribution in [1.29, 1.82) is 0 Å². The van der Waals surface area contributed by atoms with Crippen molar-refractivity contribution in [3.05, 3.63) is 34.9 Å². The van der Waals surface area contributed by atoms with E-state index in [2.05, 4.69) is 20.8 Å². The molecule has 0 saturated carbocycles. The Bertz CT molecular complexity index is 734. The number of hydrogen-bond donors (Lipinski definition) is 2. The topological polar surface area (TPSA) is 110 Å². The molecule has 1 fully saturated rings. The number of aromatic nitrogens is 2. The first-order chi connectivity index (χ1) is 11.0. The predicted octanol–water partition coefficient (Wildman–Crippen LogP) is 1.20. The van der Waals surface area contributed by atoms with Gasteiger partial charge in [0, 0.05) is 18.9 Å². The standard InChI is InChI=1S/C15H18N4O4/c1-8-5-11(9(2)22-8)15(21)17-7-13-18-14(19-23-13)10-3-4-16-12(20)6-10/h5,10H,3-4,6-7H2,1-2H3,(H,16,20)(H,17,21). The van der Waals surface area contributed by atoms with Gasteiger partial charge in [0.2, 0.25) is 11.8 Å². The van der Waals surface area contributed by atoms with E-state index in [1.54, 1.807) is 19.9 Å². The fourth-order valence-electron chi connectivity index (χ4n) is 2.62. The Morgan fingerprint density at radius 1 is 1.48 bits per heavy atom. The molecule has 2 aromatic rings. The maximum absolute atomic E-state index is 12.1. The lowest BCUT2D eigenvalue weighted by atomic mass is 9.97. The maximum Gasteiger partial charge on any atom is 0.255 e. The molecule has 1 aliphatic rings. The van der Waals surface area contributed by atoms with Crippen LogP contribution in [0.1, 0.15) is 52.4 Å². The molecule has 2 aromatic heterocycles. The highest BCUT2D eigenvalue weighted by molar-refractivity contribution is 5.95. The molecule has 1 atom stereocenters. The Kier molecular flexibility index (Phi) is 4.14. The zero-order valence-corrected chi connectivity index (χ0v) is 13.0. The van der Waals surface area contributed by atoms with Gasteiger partial charge in [-0.05, 0) is 26.3 Å². The number of carbonyl (C=O) groups is 2. The Balaban J connectivity index is 1.60. The Morgan fingerprint density at radius 3 is 3.00 bits per heavy atom. The smallest absolute Gasteiger partial charge is 0.255 e. The second-order valence-corrected chi connectivity index (χ2v) is 5.60. The van der Waals surface area contributed by atoms with E-state index in [0.717, 1.165) is 6.42 Å². The molecule has 3 heterocycles. The summed E-state index contributed by atoms with van der Waals surface area (Å²) in [5.41, 5.74) is 0.492. The highest BCUT2D eigenvalue weighted by Gasteiger charge is 2.25. The van der Waals surface area contributed by atoms with Crippen LogP contribution in [0, 0.1) is 13.8 Å². The highest BCUT2D eigenvalue weighted by atomic mass is 16.5. The average Bonchev–Trinajstić information content (AvgIpc) is 3.11. The molecule has 3 rings (SSSR count). The zero-order valence-electron chi connectivity index (χ0n) is 13.0. The van der Waals surface area contributed by atoms with E-state index in [4.69, 9.17) is 8.94 Å². The summed E-state index contributed by atoms with van der Waals surface area (Å²) in [6.45, 7) is 4.27. The summed E-state index contributed by atoms with van der Waals surface area (Å²) in [7, 11) is 0. The number of hydrogen-bond acceptors (Lipinski definition) is 6. The molecule has 0 aliphatic carbocycles. The van der Waals surface area contributed by atoms with Gasteiger partial charge < -0.3 is 19.6 Å². The normalized spacial score (nSPS) is 17.8. The monoisotopic (exact) mass is 318 g/mol. The third-order valence-electron chi connectivity index (χ3n) is 3.78. The second kappa shape index (κ2) is 6.23. The van der Waals surface area contributed by atoms with Crippen LogP contribution in [0.4, 0.5) is 0 Å². The van der Waals surface area contributed by atoms with Crippen LogP contribution in [0.3, 0.4) is 0 Å². The van der Waals surface area contributed by atoms with Gasteiger partial charge in [-0.1, -0.05) is 5.16 Å². The van der Waals surface area contributed by atoms with Crippen LogP contribution in [-0.4, -0.2) is 28.5 Å². The molecule has 1 aliphatic heterocycles.